The molecule has 4 amide bonds. The molecule has 0 radical (unpaired) electrons. The second kappa shape index (κ2) is 17.3. The predicted molar refractivity (Wildman–Crippen MR) is 231 cm³/mol. The van der Waals surface area contributed by atoms with E-state index in [0.29, 0.717) is 72.5 Å². The molecule has 3 atom stereocenters. The van der Waals surface area contributed by atoms with E-state index in [1.165, 1.54) is 24.0 Å². The summed E-state index contributed by atoms with van der Waals surface area (Å²) in [7, 11) is 0.223. The second-order valence-electron chi connectivity index (χ2n) is 19.3. The quantitative estimate of drug-likeness (QED) is 0.150. The summed E-state index contributed by atoms with van der Waals surface area (Å²) >= 11 is 0. The highest BCUT2D eigenvalue weighted by Crippen LogP contribution is 2.56. The van der Waals surface area contributed by atoms with Crippen LogP contribution in [0.3, 0.4) is 0 Å². The van der Waals surface area contributed by atoms with Gasteiger partial charge in [0.15, 0.2) is 23.0 Å². The summed E-state index contributed by atoms with van der Waals surface area (Å²) in [5, 5.41) is 10.4. The highest BCUT2D eigenvalue weighted by Gasteiger charge is 2.57. The number of hydrogen-bond acceptors (Lipinski definition) is 11. The standard InChI is InChI=1S/C43H62N4O11Si2/c1-53-35-19-29-31(46(26-55-14-16-59(3,4)5)41(51)33-18-28(48)24-44(33)39(29)49)21-37(35)57-12-9-13-58-38-22-32-30(20-36(38)54-2)40(50)45-25-43(10-11-43)23-34(45)42(52)47(32)27-56-15-17-60(6,7)8/h19-22,28,33-34,48H,9-18,23-27H2,1-8H3/t28-,33+,34+/m1/s1. The van der Waals surface area contributed by atoms with Crippen molar-refractivity contribution in [2.24, 2.45) is 5.41 Å². The van der Waals surface area contributed by atoms with Gasteiger partial charge in [-0.3, -0.25) is 29.0 Å². The van der Waals surface area contributed by atoms with Gasteiger partial charge in [0.25, 0.3) is 23.6 Å². The summed E-state index contributed by atoms with van der Waals surface area (Å²) < 4.78 is 36.1. The highest BCUT2D eigenvalue weighted by atomic mass is 28.3. The number of ether oxygens (including phenoxy) is 6. The Morgan fingerprint density at radius 2 is 1.15 bits per heavy atom. The van der Waals surface area contributed by atoms with E-state index in [4.69, 9.17) is 28.4 Å². The molecule has 3 fully saturated rings. The third-order valence-corrected chi connectivity index (χ3v) is 15.6. The van der Waals surface area contributed by atoms with Crippen molar-refractivity contribution in [1.82, 2.24) is 9.80 Å². The summed E-state index contributed by atoms with van der Waals surface area (Å²) in [6, 6.07) is 7.10. The minimum absolute atomic E-state index is 0.0308. The Labute approximate surface area is 355 Å². The lowest BCUT2D eigenvalue weighted by atomic mass is 10.0. The molecule has 17 heteroatoms. The Kier molecular flexibility index (Phi) is 12.7. The molecule has 1 N–H and O–H groups in total. The van der Waals surface area contributed by atoms with Crippen LogP contribution in [0.15, 0.2) is 24.3 Å². The van der Waals surface area contributed by atoms with E-state index in [1.807, 2.05) is 0 Å². The van der Waals surface area contributed by atoms with Crippen molar-refractivity contribution >= 4 is 51.2 Å². The first kappa shape index (κ1) is 43.9. The monoisotopic (exact) mass is 866 g/mol. The van der Waals surface area contributed by atoms with Crippen LogP contribution in [-0.2, 0) is 19.1 Å². The molecule has 7 rings (SSSR count). The lowest BCUT2D eigenvalue weighted by Gasteiger charge is -2.27. The van der Waals surface area contributed by atoms with E-state index in [9.17, 15) is 24.3 Å². The lowest BCUT2D eigenvalue weighted by Crippen LogP contribution is -2.45. The fraction of sp³-hybridized carbons (Fsp3) is 0.628. The van der Waals surface area contributed by atoms with Crippen molar-refractivity contribution in [1.29, 1.82) is 0 Å². The summed E-state index contributed by atoms with van der Waals surface area (Å²) in [4.78, 5) is 62.4. The van der Waals surface area contributed by atoms with Gasteiger partial charge in [0, 0.05) is 67.4 Å². The van der Waals surface area contributed by atoms with Crippen LogP contribution in [-0.4, -0.2) is 140 Å². The molecule has 4 heterocycles. The maximum Gasteiger partial charge on any atom is 0.256 e. The molecule has 5 aliphatic rings. The van der Waals surface area contributed by atoms with Crippen LogP contribution >= 0.6 is 0 Å². The zero-order valence-electron chi connectivity index (χ0n) is 36.5. The molecule has 60 heavy (non-hydrogen) atoms. The molecule has 1 spiro atoms. The highest BCUT2D eigenvalue weighted by molar-refractivity contribution is 6.76. The molecule has 15 nitrogen and oxygen atoms in total. The molecule has 0 unspecified atom stereocenters. The average Bonchev–Trinajstić information content (AvgIpc) is 3.70. The van der Waals surface area contributed by atoms with Crippen LogP contribution in [0.4, 0.5) is 11.4 Å². The lowest BCUT2D eigenvalue weighted by molar-refractivity contribution is -0.124. The molecule has 0 bridgehead atoms. The van der Waals surface area contributed by atoms with E-state index < -0.39 is 34.3 Å². The first-order valence-electron chi connectivity index (χ1n) is 21.2. The van der Waals surface area contributed by atoms with Gasteiger partial charge >= 0.3 is 0 Å². The number of methoxy groups -OCH3 is 2. The van der Waals surface area contributed by atoms with Crippen molar-refractivity contribution in [3.05, 3.63) is 35.4 Å². The third kappa shape index (κ3) is 9.34. The number of benzene rings is 2. The molecule has 1 aliphatic carbocycles. The zero-order valence-corrected chi connectivity index (χ0v) is 38.5. The van der Waals surface area contributed by atoms with Gasteiger partial charge in [0.05, 0.1) is 56.0 Å². The van der Waals surface area contributed by atoms with Crippen molar-refractivity contribution in [2.45, 2.75) is 102 Å². The summed E-state index contributed by atoms with van der Waals surface area (Å²) in [5.41, 5.74) is 1.47. The van der Waals surface area contributed by atoms with Gasteiger partial charge in [0.1, 0.15) is 25.5 Å². The number of amides is 4. The van der Waals surface area contributed by atoms with E-state index in [2.05, 4.69) is 39.3 Å². The largest absolute Gasteiger partial charge is 0.493 e. The molecular formula is C43H62N4O11Si2. The number of carbonyl (C=O) groups excluding carboxylic acids is 4. The van der Waals surface area contributed by atoms with Gasteiger partial charge in [-0.15, -0.1) is 0 Å². The van der Waals surface area contributed by atoms with Crippen LogP contribution in [0.1, 0.15) is 52.8 Å². The van der Waals surface area contributed by atoms with Crippen LogP contribution in [0.5, 0.6) is 23.0 Å². The average molecular weight is 867 g/mol. The molecule has 2 aromatic rings. The smallest absolute Gasteiger partial charge is 0.256 e. The zero-order chi connectivity index (χ0) is 43.1. The molecular weight excluding hydrogens is 805 g/mol. The Morgan fingerprint density at radius 1 is 0.667 bits per heavy atom. The van der Waals surface area contributed by atoms with E-state index in [-0.39, 0.29) is 74.2 Å². The van der Waals surface area contributed by atoms with Crippen molar-refractivity contribution in [2.75, 3.05) is 77.0 Å². The Balaban J connectivity index is 1.07. The fourth-order valence-electron chi connectivity index (χ4n) is 8.40. The molecule has 2 aromatic carbocycles. The third-order valence-electron chi connectivity index (χ3n) is 12.2. The van der Waals surface area contributed by atoms with Crippen LogP contribution in [0.25, 0.3) is 0 Å². The van der Waals surface area contributed by atoms with E-state index in [0.717, 1.165) is 24.9 Å². The molecule has 1 saturated carbocycles. The summed E-state index contributed by atoms with van der Waals surface area (Å²) in [6.07, 6.45) is 2.47. The Hall–Kier alpha value is -4.17. The number of carbonyl (C=O) groups is 4. The van der Waals surface area contributed by atoms with Crippen LogP contribution < -0.4 is 28.7 Å². The predicted octanol–water partition coefficient (Wildman–Crippen LogP) is 5.44. The minimum Gasteiger partial charge on any atom is -0.493 e. The maximum atomic E-state index is 14.2. The van der Waals surface area contributed by atoms with Gasteiger partial charge in [-0.25, -0.2) is 0 Å². The molecule has 0 aromatic heterocycles. The number of aliphatic hydroxyl groups excluding tert-OH is 1. The summed E-state index contributed by atoms with van der Waals surface area (Å²) in [5.74, 6) is 0.372. The van der Waals surface area contributed by atoms with Gasteiger partial charge in [0.2, 0.25) is 0 Å². The number of hydrogen-bond donors (Lipinski definition) is 1. The minimum atomic E-state index is -1.40. The number of nitrogens with zero attached hydrogens (tertiary/aromatic N) is 4. The van der Waals surface area contributed by atoms with Crippen LogP contribution in [0.2, 0.25) is 51.4 Å². The van der Waals surface area contributed by atoms with Crippen molar-refractivity contribution in [3.8, 4) is 23.0 Å². The number of aliphatic hydroxyl groups is 1. The topological polar surface area (TPSA) is 157 Å². The first-order chi connectivity index (χ1) is 28.4. The molecule has 328 valence electrons. The SMILES string of the molecule is COc1cc2c(cc1OCCCOc1cc3c(cc1OC)C(=O)N1CC4(CC4)C[C@H]1C(=O)N3COCC[Si](C)(C)C)N(COCC[Si](C)(C)C)C(=O)[C@@H]1C[C@@H](O)CN1C2=O. The number of fused-ring (bicyclic) bond motifs is 4. The van der Waals surface area contributed by atoms with E-state index in [1.54, 1.807) is 34.1 Å². The second-order valence-corrected chi connectivity index (χ2v) is 30.6. The summed E-state index contributed by atoms with van der Waals surface area (Å²) in [6.45, 7) is 15.6. The van der Waals surface area contributed by atoms with Gasteiger partial charge in [-0.05, 0) is 48.9 Å². The van der Waals surface area contributed by atoms with Crippen molar-refractivity contribution in [3.63, 3.8) is 0 Å². The molecule has 2 saturated heterocycles. The van der Waals surface area contributed by atoms with Gasteiger partial charge in [-0.2, -0.15) is 0 Å². The number of anilines is 2. The van der Waals surface area contributed by atoms with Crippen molar-refractivity contribution < 1.29 is 52.7 Å². The van der Waals surface area contributed by atoms with Gasteiger partial charge < -0.3 is 43.3 Å². The maximum absolute atomic E-state index is 14.2. The Morgan fingerprint density at radius 3 is 1.62 bits per heavy atom. The first-order valence-corrected chi connectivity index (χ1v) is 28.6. The Bertz CT molecular complexity index is 1980. The fourth-order valence-corrected chi connectivity index (χ4v) is 9.91. The van der Waals surface area contributed by atoms with E-state index >= 15 is 0 Å². The molecule has 4 aliphatic heterocycles. The number of rotatable bonds is 18. The van der Waals surface area contributed by atoms with Gasteiger partial charge in [-0.1, -0.05) is 39.3 Å². The van der Waals surface area contributed by atoms with Crippen LogP contribution in [0, 0.1) is 5.41 Å². The normalized spacial score (nSPS) is 22.1.